The first kappa shape index (κ1) is 14.9. The second kappa shape index (κ2) is 6.37. The lowest BCUT2D eigenvalue weighted by Crippen LogP contribution is -2.37. The molecular formula is C15H16ClN5O. The molecule has 22 heavy (non-hydrogen) atoms. The summed E-state index contributed by atoms with van der Waals surface area (Å²) in [6, 6.07) is 3.38. The number of amides is 1. The van der Waals surface area contributed by atoms with Crippen molar-refractivity contribution in [3.8, 4) is 0 Å². The Morgan fingerprint density at radius 2 is 2.23 bits per heavy atom. The van der Waals surface area contributed by atoms with Crippen LogP contribution in [0.3, 0.4) is 0 Å². The van der Waals surface area contributed by atoms with E-state index in [0.717, 1.165) is 24.5 Å². The number of anilines is 1. The molecule has 0 saturated carbocycles. The number of rotatable bonds is 3. The predicted octanol–water partition coefficient (Wildman–Crippen LogP) is 1.83. The van der Waals surface area contributed by atoms with Crippen molar-refractivity contribution in [2.24, 2.45) is 0 Å². The summed E-state index contributed by atoms with van der Waals surface area (Å²) in [5.41, 5.74) is 2.18. The molecule has 3 rings (SSSR count). The number of nitrogens with one attached hydrogen (secondary N) is 1. The van der Waals surface area contributed by atoms with Crippen LogP contribution in [0.1, 0.15) is 17.1 Å². The minimum Gasteiger partial charge on any atom is -0.310 e. The maximum absolute atomic E-state index is 12.1. The highest BCUT2D eigenvalue weighted by Gasteiger charge is 2.20. The van der Waals surface area contributed by atoms with Crippen molar-refractivity contribution >= 4 is 23.3 Å². The number of pyridine rings is 1. The van der Waals surface area contributed by atoms with Crippen LogP contribution in [0.15, 0.2) is 24.5 Å². The van der Waals surface area contributed by atoms with Gasteiger partial charge in [0.15, 0.2) is 0 Å². The zero-order valence-corrected chi connectivity index (χ0v) is 13.0. The number of hydrogen-bond donors (Lipinski definition) is 1. The fourth-order valence-corrected chi connectivity index (χ4v) is 2.54. The van der Waals surface area contributed by atoms with Gasteiger partial charge in [-0.1, -0.05) is 11.6 Å². The highest BCUT2D eigenvalue weighted by Crippen LogP contribution is 2.16. The van der Waals surface area contributed by atoms with E-state index in [2.05, 4.69) is 25.2 Å². The summed E-state index contributed by atoms with van der Waals surface area (Å²) in [4.78, 5) is 26.9. The van der Waals surface area contributed by atoms with Gasteiger partial charge >= 0.3 is 0 Å². The first-order chi connectivity index (χ1) is 10.6. The van der Waals surface area contributed by atoms with Crippen LogP contribution >= 0.6 is 11.6 Å². The minimum atomic E-state index is -0.0935. The molecule has 0 bridgehead atoms. The molecule has 1 aliphatic heterocycles. The van der Waals surface area contributed by atoms with Crippen LogP contribution in [0.2, 0.25) is 5.02 Å². The molecule has 0 unspecified atom stereocenters. The largest absolute Gasteiger partial charge is 0.310 e. The summed E-state index contributed by atoms with van der Waals surface area (Å²) in [5.74, 6) is 1.17. The predicted molar refractivity (Wildman–Crippen MR) is 83.6 cm³/mol. The van der Waals surface area contributed by atoms with Gasteiger partial charge in [0.1, 0.15) is 11.6 Å². The highest BCUT2D eigenvalue weighted by molar-refractivity contribution is 6.30. The third kappa shape index (κ3) is 3.58. The van der Waals surface area contributed by atoms with E-state index in [1.54, 1.807) is 12.1 Å². The first-order valence-electron chi connectivity index (χ1n) is 7.05. The van der Waals surface area contributed by atoms with E-state index in [-0.39, 0.29) is 5.91 Å². The highest BCUT2D eigenvalue weighted by atomic mass is 35.5. The van der Waals surface area contributed by atoms with Gasteiger partial charge in [-0.15, -0.1) is 0 Å². The van der Waals surface area contributed by atoms with Crippen molar-refractivity contribution in [3.05, 3.63) is 46.6 Å². The van der Waals surface area contributed by atoms with Crippen molar-refractivity contribution in [1.82, 2.24) is 19.9 Å². The molecule has 0 radical (unpaired) electrons. The SMILES string of the molecule is Cc1ncc2c(n1)CN(CC(=O)Nc1ccc(Cl)cn1)CC2. The summed E-state index contributed by atoms with van der Waals surface area (Å²) in [7, 11) is 0. The average molecular weight is 318 g/mol. The molecule has 6 nitrogen and oxygen atoms in total. The normalized spacial score (nSPS) is 14.5. The number of aromatic nitrogens is 3. The van der Waals surface area contributed by atoms with E-state index >= 15 is 0 Å². The van der Waals surface area contributed by atoms with Crippen LogP contribution in [-0.2, 0) is 17.8 Å². The van der Waals surface area contributed by atoms with E-state index in [0.29, 0.717) is 23.9 Å². The van der Waals surface area contributed by atoms with Gasteiger partial charge < -0.3 is 5.32 Å². The summed E-state index contributed by atoms with van der Waals surface area (Å²) < 4.78 is 0. The molecular weight excluding hydrogens is 302 g/mol. The van der Waals surface area contributed by atoms with Crippen LogP contribution in [0.5, 0.6) is 0 Å². The van der Waals surface area contributed by atoms with Gasteiger partial charge in [-0.05, 0) is 31.0 Å². The number of nitrogens with zero attached hydrogens (tertiary/aromatic N) is 4. The number of aryl methyl sites for hydroxylation is 1. The summed E-state index contributed by atoms with van der Waals surface area (Å²) >= 11 is 5.77. The summed E-state index contributed by atoms with van der Waals surface area (Å²) in [5, 5.41) is 3.31. The second-order valence-electron chi connectivity index (χ2n) is 5.26. The fourth-order valence-electron chi connectivity index (χ4n) is 2.43. The van der Waals surface area contributed by atoms with Crippen LogP contribution in [0.25, 0.3) is 0 Å². The molecule has 0 aliphatic carbocycles. The third-order valence-electron chi connectivity index (χ3n) is 3.51. The quantitative estimate of drug-likeness (QED) is 0.935. The van der Waals surface area contributed by atoms with E-state index in [1.807, 2.05) is 13.1 Å². The molecule has 1 amide bonds. The van der Waals surface area contributed by atoms with Crippen molar-refractivity contribution in [2.75, 3.05) is 18.4 Å². The van der Waals surface area contributed by atoms with E-state index in [1.165, 1.54) is 11.8 Å². The van der Waals surface area contributed by atoms with Gasteiger partial charge in [-0.25, -0.2) is 15.0 Å². The Bertz CT molecular complexity index is 689. The topological polar surface area (TPSA) is 71.0 Å². The molecule has 0 saturated heterocycles. The Labute approximate surface area is 133 Å². The van der Waals surface area contributed by atoms with Crippen molar-refractivity contribution in [3.63, 3.8) is 0 Å². The Morgan fingerprint density at radius 3 is 3.00 bits per heavy atom. The first-order valence-corrected chi connectivity index (χ1v) is 7.43. The third-order valence-corrected chi connectivity index (χ3v) is 3.73. The zero-order valence-electron chi connectivity index (χ0n) is 12.2. The van der Waals surface area contributed by atoms with Gasteiger partial charge in [0, 0.05) is 25.5 Å². The number of carbonyl (C=O) groups is 1. The van der Waals surface area contributed by atoms with Crippen LogP contribution in [0.4, 0.5) is 5.82 Å². The van der Waals surface area contributed by atoms with Crippen molar-refractivity contribution in [1.29, 1.82) is 0 Å². The van der Waals surface area contributed by atoms with Crippen molar-refractivity contribution < 1.29 is 4.79 Å². The van der Waals surface area contributed by atoms with Gasteiger partial charge in [0.05, 0.1) is 17.3 Å². The lowest BCUT2D eigenvalue weighted by atomic mass is 10.1. The van der Waals surface area contributed by atoms with Crippen LogP contribution in [0, 0.1) is 6.92 Å². The minimum absolute atomic E-state index is 0.0935. The molecule has 1 N–H and O–H groups in total. The second-order valence-corrected chi connectivity index (χ2v) is 5.70. The lowest BCUT2D eigenvalue weighted by molar-refractivity contribution is -0.117. The van der Waals surface area contributed by atoms with E-state index in [9.17, 15) is 4.79 Å². The van der Waals surface area contributed by atoms with Crippen LogP contribution in [-0.4, -0.2) is 38.8 Å². The number of hydrogen-bond acceptors (Lipinski definition) is 5. The maximum Gasteiger partial charge on any atom is 0.239 e. The molecule has 0 spiro atoms. The Kier molecular flexibility index (Phi) is 4.31. The Hall–Kier alpha value is -2.05. The standard InChI is InChI=1S/C15H16ClN5O/c1-10-17-6-11-4-5-21(8-13(11)19-10)9-15(22)20-14-3-2-12(16)7-18-14/h2-3,6-7H,4-5,8-9H2,1H3,(H,18,20,22). The van der Waals surface area contributed by atoms with E-state index < -0.39 is 0 Å². The summed E-state index contributed by atoms with van der Waals surface area (Å²) in [6.07, 6.45) is 4.25. The van der Waals surface area contributed by atoms with Crippen LogP contribution < -0.4 is 5.32 Å². The monoisotopic (exact) mass is 317 g/mol. The van der Waals surface area contributed by atoms with Crippen molar-refractivity contribution in [2.45, 2.75) is 19.9 Å². The van der Waals surface area contributed by atoms with Gasteiger partial charge in [0.2, 0.25) is 5.91 Å². The van der Waals surface area contributed by atoms with Gasteiger partial charge in [-0.2, -0.15) is 0 Å². The summed E-state index contributed by atoms with van der Waals surface area (Å²) in [6.45, 7) is 3.67. The molecule has 0 fully saturated rings. The molecule has 7 heteroatoms. The number of halogens is 1. The molecule has 2 aromatic heterocycles. The smallest absolute Gasteiger partial charge is 0.239 e. The Morgan fingerprint density at radius 1 is 1.36 bits per heavy atom. The number of carbonyl (C=O) groups excluding carboxylic acids is 1. The zero-order chi connectivity index (χ0) is 15.5. The number of fused-ring (bicyclic) bond motifs is 1. The molecule has 2 aromatic rings. The maximum atomic E-state index is 12.1. The molecule has 1 aliphatic rings. The van der Waals surface area contributed by atoms with Gasteiger partial charge in [-0.3, -0.25) is 9.69 Å². The lowest BCUT2D eigenvalue weighted by Gasteiger charge is -2.27. The Balaban J connectivity index is 1.59. The molecule has 3 heterocycles. The van der Waals surface area contributed by atoms with E-state index in [4.69, 9.17) is 11.6 Å². The molecule has 0 aromatic carbocycles. The molecule has 0 atom stereocenters. The average Bonchev–Trinajstić information content (AvgIpc) is 2.49. The van der Waals surface area contributed by atoms with Gasteiger partial charge in [0.25, 0.3) is 0 Å². The fraction of sp³-hybridized carbons (Fsp3) is 0.333. The molecule has 114 valence electrons.